The molecule has 33 heavy (non-hydrogen) atoms. The summed E-state index contributed by atoms with van der Waals surface area (Å²) in [7, 11) is 2.95. The molecule has 2 amide bonds. The van der Waals surface area contributed by atoms with Crippen molar-refractivity contribution >= 4 is 18.1 Å². The number of ether oxygens (including phenoxy) is 3. The van der Waals surface area contributed by atoms with Crippen molar-refractivity contribution in [1.29, 1.82) is 0 Å². The van der Waals surface area contributed by atoms with Crippen LogP contribution in [0.4, 0.5) is 0 Å². The van der Waals surface area contributed by atoms with Crippen LogP contribution in [0.15, 0.2) is 23.8 Å². The largest absolute Gasteiger partial charge is 0.493 e. The molecule has 1 aromatic carbocycles. The summed E-state index contributed by atoms with van der Waals surface area (Å²) in [6, 6.07) is 2.29. The van der Waals surface area contributed by atoms with E-state index in [-0.39, 0.29) is 44.2 Å². The van der Waals surface area contributed by atoms with Crippen LogP contribution in [-0.4, -0.2) is 92.0 Å². The first-order valence-corrected chi connectivity index (χ1v) is 10.8. The van der Waals surface area contributed by atoms with E-state index in [9.17, 15) is 19.5 Å². The average molecular weight is 462 g/mol. The molecule has 3 rings (SSSR count). The smallest absolute Gasteiger partial charge is 0.247 e. The molecule has 1 aliphatic heterocycles. The van der Waals surface area contributed by atoms with E-state index < -0.39 is 30.1 Å². The Kier molecular flexibility index (Phi) is 8.06. The highest BCUT2D eigenvalue weighted by atomic mass is 16.5. The van der Waals surface area contributed by atoms with Crippen molar-refractivity contribution in [3.63, 3.8) is 0 Å². The fraction of sp³-hybridized carbons (Fsp3) is 0.522. The van der Waals surface area contributed by atoms with Crippen molar-refractivity contribution in [2.45, 2.75) is 37.5 Å². The maximum Gasteiger partial charge on any atom is 0.247 e. The second-order valence-corrected chi connectivity index (χ2v) is 7.84. The molecule has 2 aliphatic rings. The number of aldehydes is 1. The number of amides is 2. The van der Waals surface area contributed by atoms with Crippen molar-refractivity contribution in [2.75, 3.05) is 40.5 Å². The molecule has 0 saturated carbocycles. The topological polar surface area (TPSA) is 135 Å². The van der Waals surface area contributed by atoms with Crippen LogP contribution in [0.1, 0.15) is 35.2 Å². The minimum Gasteiger partial charge on any atom is -0.493 e. The van der Waals surface area contributed by atoms with E-state index in [0.717, 1.165) is 0 Å². The zero-order valence-corrected chi connectivity index (χ0v) is 18.9. The first-order valence-electron chi connectivity index (χ1n) is 10.8. The van der Waals surface area contributed by atoms with Gasteiger partial charge in [0.25, 0.3) is 0 Å². The Morgan fingerprint density at radius 1 is 1.30 bits per heavy atom. The third-order valence-electron chi connectivity index (χ3n) is 5.93. The summed E-state index contributed by atoms with van der Waals surface area (Å²) in [5.41, 5.74) is 1.15. The van der Waals surface area contributed by atoms with E-state index in [1.54, 1.807) is 19.1 Å². The SMILES string of the molecule is CCC(=O)N(CCOC)C1C=C(C(=O)NCCO)C2c3cc(C=O)cc(OC)c3OC2C1O. The van der Waals surface area contributed by atoms with Gasteiger partial charge in [-0.25, -0.2) is 0 Å². The molecule has 10 nitrogen and oxygen atoms in total. The maximum absolute atomic E-state index is 13.1. The van der Waals surface area contributed by atoms with Gasteiger partial charge in [0.1, 0.15) is 18.5 Å². The van der Waals surface area contributed by atoms with Crippen molar-refractivity contribution in [1.82, 2.24) is 10.2 Å². The predicted octanol–water partition coefficient (Wildman–Crippen LogP) is 0.0153. The quantitative estimate of drug-likeness (QED) is 0.414. The second kappa shape index (κ2) is 10.8. The van der Waals surface area contributed by atoms with Crippen LogP contribution >= 0.6 is 0 Å². The lowest BCUT2D eigenvalue weighted by molar-refractivity contribution is -0.137. The predicted molar refractivity (Wildman–Crippen MR) is 117 cm³/mol. The van der Waals surface area contributed by atoms with E-state index in [2.05, 4.69) is 5.32 Å². The zero-order chi connectivity index (χ0) is 24.1. The van der Waals surface area contributed by atoms with Gasteiger partial charge in [0.05, 0.1) is 32.3 Å². The summed E-state index contributed by atoms with van der Waals surface area (Å²) in [6.45, 7) is 1.97. The molecule has 3 N–H and O–H groups in total. The lowest BCUT2D eigenvalue weighted by atomic mass is 9.77. The average Bonchev–Trinajstić information content (AvgIpc) is 3.22. The lowest BCUT2D eigenvalue weighted by Gasteiger charge is -2.40. The number of hydrogen-bond acceptors (Lipinski definition) is 8. The number of aliphatic hydroxyl groups is 2. The third-order valence-corrected chi connectivity index (χ3v) is 5.93. The van der Waals surface area contributed by atoms with Crippen molar-refractivity contribution in [3.05, 3.63) is 34.9 Å². The van der Waals surface area contributed by atoms with Crippen LogP contribution < -0.4 is 14.8 Å². The van der Waals surface area contributed by atoms with Crippen LogP contribution in [0.3, 0.4) is 0 Å². The maximum atomic E-state index is 13.1. The highest BCUT2D eigenvalue weighted by Crippen LogP contribution is 2.51. The number of nitrogens with one attached hydrogen (secondary N) is 1. The molecule has 0 bridgehead atoms. The van der Waals surface area contributed by atoms with Crippen LogP contribution in [0.25, 0.3) is 0 Å². The summed E-state index contributed by atoms with van der Waals surface area (Å²) in [5.74, 6) is -0.719. The van der Waals surface area contributed by atoms with E-state index in [4.69, 9.17) is 19.3 Å². The molecule has 4 unspecified atom stereocenters. The van der Waals surface area contributed by atoms with Gasteiger partial charge >= 0.3 is 0 Å². The fourth-order valence-electron chi connectivity index (χ4n) is 4.39. The van der Waals surface area contributed by atoms with E-state index in [0.29, 0.717) is 28.9 Å². The summed E-state index contributed by atoms with van der Waals surface area (Å²) in [5, 5.41) is 23.1. The van der Waals surface area contributed by atoms with Gasteiger partial charge in [0, 0.05) is 43.3 Å². The first-order chi connectivity index (χ1) is 15.9. The number of methoxy groups -OCH3 is 2. The monoisotopic (exact) mass is 462 g/mol. The Morgan fingerprint density at radius 2 is 2.06 bits per heavy atom. The molecular weight excluding hydrogens is 432 g/mol. The highest BCUT2D eigenvalue weighted by Gasteiger charge is 2.51. The molecule has 1 aromatic rings. The Balaban J connectivity index is 2.12. The number of benzene rings is 1. The van der Waals surface area contributed by atoms with Crippen molar-refractivity contribution in [3.8, 4) is 11.5 Å². The van der Waals surface area contributed by atoms with Crippen LogP contribution in [0.5, 0.6) is 11.5 Å². The first kappa shape index (κ1) is 24.7. The summed E-state index contributed by atoms with van der Waals surface area (Å²) in [4.78, 5) is 38.8. The Bertz CT molecular complexity index is 931. The lowest BCUT2D eigenvalue weighted by Crippen LogP contribution is -2.56. The molecule has 4 atom stereocenters. The Labute approximate surface area is 192 Å². The molecule has 0 saturated heterocycles. The molecule has 0 fully saturated rings. The second-order valence-electron chi connectivity index (χ2n) is 7.84. The summed E-state index contributed by atoms with van der Waals surface area (Å²) >= 11 is 0. The van der Waals surface area contributed by atoms with E-state index in [1.165, 1.54) is 25.2 Å². The normalized spacial score (nSPS) is 23.0. The summed E-state index contributed by atoms with van der Waals surface area (Å²) < 4.78 is 16.6. The molecule has 0 spiro atoms. The third kappa shape index (κ3) is 4.73. The molecule has 10 heteroatoms. The molecular formula is C23H30N2O8. The number of rotatable bonds is 10. The number of aliphatic hydroxyl groups excluding tert-OH is 2. The van der Waals surface area contributed by atoms with Crippen LogP contribution in [0, 0.1) is 0 Å². The van der Waals surface area contributed by atoms with Gasteiger partial charge < -0.3 is 34.6 Å². The number of fused-ring (bicyclic) bond motifs is 3. The van der Waals surface area contributed by atoms with Gasteiger partial charge in [-0.05, 0) is 18.2 Å². The van der Waals surface area contributed by atoms with E-state index in [1.807, 2.05) is 0 Å². The standard InChI is InChI=1S/C23H30N2O8/c1-4-18(28)25(6-8-31-2)16-11-15(23(30)24-5-7-26)19-14-9-13(12-27)10-17(32-3)21(14)33-22(19)20(16)29/h9-12,16,19-20,22,26,29H,4-8H2,1-3H3,(H,24,30). The van der Waals surface area contributed by atoms with E-state index >= 15 is 0 Å². The number of nitrogens with zero attached hydrogens (tertiary/aromatic N) is 1. The summed E-state index contributed by atoms with van der Waals surface area (Å²) in [6.07, 6.45) is 0.391. The van der Waals surface area contributed by atoms with Crippen LogP contribution in [-0.2, 0) is 14.3 Å². The Morgan fingerprint density at radius 3 is 2.67 bits per heavy atom. The fourth-order valence-corrected chi connectivity index (χ4v) is 4.39. The molecule has 1 heterocycles. The van der Waals surface area contributed by atoms with Gasteiger partial charge in [-0.1, -0.05) is 6.92 Å². The van der Waals surface area contributed by atoms with Gasteiger partial charge in [-0.2, -0.15) is 0 Å². The zero-order valence-electron chi connectivity index (χ0n) is 18.9. The highest BCUT2D eigenvalue weighted by molar-refractivity contribution is 5.96. The van der Waals surface area contributed by atoms with Gasteiger partial charge in [-0.3, -0.25) is 14.4 Å². The Hall–Kier alpha value is -2.95. The number of carbonyl (C=O) groups excluding carboxylic acids is 3. The molecule has 0 aromatic heterocycles. The van der Waals surface area contributed by atoms with Gasteiger partial charge in [0.15, 0.2) is 11.5 Å². The van der Waals surface area contributed by atoms with Gasteiger partial charge in [-0.15, -0.1) is 0 Å². The minimum atomic E-state index is -1.16. The van der Waals surface area contributed by atoms with Gasteiger partial charge in [0.2, 0.25) is 11.8 Å². The van der Waals surface area contributed by atoms with Crippen LogP contribution in [0.2, 0.25) is 0 Å². The molecule has 0 radical (unpaired) electrons. The number of carbonyl (C=O) groups is 3. The molecule has 180 valence electrons. The molecule has 1 aliphatic carbocycles. The minimum absolute atomic E-state index is 0.0352. The van der Waals surface area contributed by atoms with Crippen molar-refractivity contribution in [2.24, 2.45) is 0 Å². The van der Waals surface area contributed by atoms with Crippen molar-refractivity contribution < 1.29 is 38.8 Å². The number of hydrogen-bond donors (Lipinski definition) is 3.